The molecule has 0 bridgehead atoms. The maximum Gasteiger partial charge on any atom is 0.376 e. The first-order valence-electron chi connectivity index (χ1n) is 5.00. The van der Waals surface area contributed by atoms with Gasteiger partial charge >= 0.3 is 5.97 Å². The molecule has 0 saturated heterocycles. The van der Waals surface area contributed by atoms with Gasteiger partial charge in [-0.2, -0.15) is 0 Å². The maximum absolute atomic E-state index is 11.3. The van der Waals surface area contributed by atoms with E-state index < -0.39 is 5.97 Å². The highest BCUT2D eigenvalue weighted by atomic mass is 16.5. The van der Waals surface area contributed by atoms with Gasteiger partial charge in [0.15, 0.2) is 0 Å². The Morgan fingerprint density at radius 2 is 2.44 bits per heavy atom. The van der Waals surface area contributed by atoms with Crippen LogP contribution in [-0.2, 0) is 9.47 Å². The Labute approximate surface area is 93.1 Å². The predicted octanol–water partition coefficient (Wildman–Crippen LogP) is 1.07. The molecule has 0 radical (unpaired) electrons. The number of esters is 1. The SMILES string of the molecule is COC(=O)c1nccc(C2=CCOCC2)n1. The van der Waals surface area contributed by atoms with Gasteiger partial charge in [0.1, 0.15) is 0 Å². The molecule has 1 aromatic rings. The van der Waals surface area contributed by atoms with Crippen molar-refractivity contribution in [3.63, 3.8) is 0 Å². The molecule has 84 valence electrons. The van der Waals surface area contributed by atoms with Crippen molar-refractivity contribution in [3.05, 3.63) is 29.9 Å². The minimum absolute atomic E-state index is 0.0902. The second-order valence-corrected chi connectivity index (χ2v) is 3.31. The van der Waals surface area contributed by atoms with Crippen LogP contribution in [0.4, 0.5) is 0 Å². The van der Waals surface area contributed by atoms with E-state index in [0.29, 0.717) is 13.2 Å². The molecule has 0 aromatic carbocycles. The van der Waals surface area contributed by atoms with Gasteiger partial charge in [-0.15, -0.1) is 0 Å². The Balaban J connectivity index is 2.28. The average Bonchev–Trinajstić information content (AvgIpc) is 2.39. The van der Waals surface area contributed by atoms with Crippen LogP contribution < -0.4 is 0 Å². The Morgan fingerprint density at radius 3 is 3.12 bits per heavy atom. The third-order valence-electron chi connectivity index (χ3n) is 2.32. The van der Waals surface area contributed by atoms with Gasteiger partial charge in [-0.1, -0.05) is 6.08 Å². The summed E-state index contributed by atoms with van der Waals surface area (Å²) in [7, 11) is 1.31. The fourth-order valence-electron chi connectivity index (χ4n) is 1.49. The fourth-order valence-corrected chi connectivity index (χ4v) is 1.49. The monoisotopic (exact) mass is 220 g/mol. The molecule has 1 aliphatic heterocycles. The van der Waals surface area contributed by atoms with Crippen LogP contribution in [0.3, 0.4) is 0 Å². The molecule has 0 amide bonds. The van der Waals surface area contributed by atoms with Crippen molar-refractivity contribution in [1.82, 2.24) is 9.97 Å². The summed E-state index contributed by atoms with van der Waals surface area (Å²) in [5, 5.41) is 0. The molecule has 0 fully saturated rings. The van der Waals surface area contributed by atoms with E-state index >= 15 is 0 Å². The topological polar surface area (TPSA) is 61.3 Å². The van der Waals surface area contributed by atoms with E-state index in [9.17, 15) is 4.79 Å². The highest BCUT2D eigenvalue weighted by molar-refractivity contribution is 5.85. The molecule has 0 aliphatic carbocycles. The second-order valence-electron chi connectivity index (χ2n) is 3.31. The fraction of sp³-hybridized carbons (Fsp3) is 0.364. The summed E-state index contributed by atoms with van der Waals surface area (Å²) in [5.74, 6) is -0.429. The first-order chi connectivity index (χ1) is 7.81. The summed E-state index contributed by atoms with van der Waals surface area (Å²) in [4.78, 5) is 19.3. The van der Waals surface area contributed by atoms with Gasteiger partial charge in [0, 0.05) is 6.20 Å². The number of rotatable bonds is 2. The van der Waals surface area contributed by atoms with E-state index in [4.69, 9.17) is 4.74 Å². The van der Waals surface area contributed by atoms with Crippen molar-refractivity contribution in [2.45, 2.75) is 6.42 Å². The lowest BCUT2D eigenvalue weighted by Gasteiger charge is -2.12. The molecule has 0 spiro atoms. The van der Waals surface area contributed by atoms with E-state index in [1.165, 1.54) is 7.11 Å². The second kappa shape index (κ2) is 4.85. The molecule has 5 nitrogen and oxygen atoms in total. The van der Waals surface area contributed by atoms with Crippen LogP contribution in [-0.4, -0.2) is 36.3 Å². The van der Waals surface area contributed by atoms with E-state index in [0.717, 1.165) is 17.7 Å². The van der Waals surface area contributed by atoms with Gasteiger partial charge in [-0.25, -0.2) is 14.8 Å². The Bertz CT molecular complexity index is 429. The van der Waals surface area contributed by atoms with Crippen LogP contribution in [0.15, 0.2) is 18.3 Å². The number of aromatic nitrogens is 2. The summed E-state index contributed by atoms with van der Waals surface area (Å²) >= 11 is 0. The van der Waals surface area contributed by atoms with Crippen LogP contribution in [0.5, 0.6) is 0 Å². The number of hydrogen-bond acceptors (Lipinski definition) is 5. The lowest BCUT2D eigenvalue weighted by Crippen LogP contribution is -2.10. The maximum atomic E-state index is 11.3. The lowest BCUT2D eigenvalue weighted by atomic mass is 10.1. The van der Waals surface area contributed by atoms with Crippen LogP contribution in [0.25, 0.3) is 5.57 Å². The van der Waals surface area contributed by atoms with Gasteiger partial charge < -0.3 is 9.47 Å². The summed E-state index contributed by atoms with van der Waals surface area (Å²) in [6.07, 6.45) is 4.33. The quantitative estimate of drug-likeness (QED) is 0.697. The first-order valence-corrected chi connectivity index (χ1v) is 5.00. The minimum Gasteiger partial charge on any atom is -0.463 e. The van der Waals surface area contributed by atoms with E-state index in [-0.39, 0.29) is 5.82 Å². The normalized spacial score (nSPS) is 15.4. The van der Waals surface area contributed by atoms with Crippen molar-refractivity contribution in [2.24, 2.45) is 0 Å². The summed E-state index contributed by atoms with van der Waals surface area (Å²) in [5.41, 5.74) is 1.84. The number of hydrogen-bond donors (Lipinski definition) is 0. The zero-order valence-corrected chi connectivity index (χ0v) is 8.97. The zero-order chi connectivity index (χ0) is 11.4. The molecule has 2 heterocycles. The first kappa shape index (κ1) is 10.8. The highest BCUT2D eigenvalue weighted by Gasteiger charge is 2.12. The van der Waals surface area contributed by atoms with E-state index in [1.54, 1.807) is 12.3 Å². The Kier molecular flexibility index (Phi) is 3.26. The summed E-state index contributed by atoms with van der Waals surface area (Å²) in [6.45, 7) is 1.27. The van der Waals surface area contributed by atoms with E-state index in [2.05, 4.69) is 14.7 Å². The molecule has 0 N–H and O–H groups in total. The largest absolute Gasteiger partial charge is 0.463 e. The van der Waals surface area contributed by atoms with Crippen molar-refractivity contribution in [3.8, 4) is 0 Å². The molecule has 1 aromatic heterocycles. The molecule has 0 unspecified atom stereocenters. The number of methoxy groups -OCH3 is 1. The lowest BCUT2D eigenvalue weighted by molar-refractivity contribution is 0.0586. The van der Waals surface area contributed by atoms with Crippen LogP contribution in [0.2, 0.25) is 0 Å². The highest BCUT2D eigenvalue weighted by Crippen LogP contribution is 2.18. The van der Waals surface area contributed by atoms with E-state index in [1.807, 2.05) is 6.08 Å². The van der Waals surface area contributed by atoms with Gasteiger partial charge in [-0.3, -0.25) is 0 Å². The van der Waals surface area contributed by atoms with Gasteiger partial charge in [0.25, 0.3) is 0 Å². The van der Waals surface area contributed by atoms with Crippen molar-refractivity contribution >= 4 is 11.5 Å². The third kappa shape index (κ3) is 2.25. The molecular weight excluding hydrogens is 208 g/mol. The summed E-state index contributed by atoms with van der Waals surface area (Å²) < 4.78 is 9.78. The molecule has 2 rings (SSSR count). The van der Waals surface area contributed by atoms with Crippen molar-refractivity contribution < 1.29 is 14.3 Å². The van der Waals surface area contributed by atoms with Crippen LogP contribution in [0.1, 0.15) is 22.7 Å². The van der Waals surface area contributed by atoms with Crippen LogP contribution >= 0.6 is 0 Å². The average molecular weight is 220 g/mol. The van der Waals surface area contributed by atoms with Gasteiger partial charge in [-0.05, 0) is 18.1 Å². The number of carbonyl (C=O) groups is 1. The predicted molar refractivity (Wildman–Crippen MR) is 56.8 cm³/mol. The smallest absolute Gasteiger partial charge is 0.376 e. The third-order valence-corrected chi connectivity index (χ3v) is 2.32. The molecule has 0 atom stereocenters. The molecule has 0 saturated carbocycles. The molecular formula is C11H12N2O3. The Morgan fingerprint density at radius 1 is 1.56 bits per heavy atom. The molecule has 16 heavy (non-hydrogen) atoms. The number of carbonyl (C=O) groups excluding carboxylic acids is 1. The molecule has 1 aliphatic rings. The number of nitrogens with zero attached hydrogens (tertiary/aromatic N) is 2. The van der Waals surface area contributed by atoms with Gasteiger partial charge in [0.2, 0.25) is 5.82 Å². The van der Waals surface area contributed by atoms with Gasteiger partial charge in [0.05, 0.1) is 26.0 Å². The van der Waals surface area contributed by atoms with Crippen LogP contribution in [0, 0.1) is 0 Å². The summed E-state index contributed by atoms with van der Waals surface area (Å²) in [6, 6.07) is 1.78. The standard InChI is InChI=1S/C11H12N2O3/c1-15-11(14)10-12-5-2-9(13-10)8-3-6-16-7-4-8/h2-3,5H,4,6-7H2,1H3. The zero-order valence-electron chi connectivity index (χ0n) is 8.97. The molecule has 5 heteroatoms. The van der Waals surface area contributed by atoms with Crippen molar-refractivity contribution in [2.75, 3.05) is 20.3 Å². The van der Waals surface area contributed by atoms with Crippen molar-refractivity contribution in [1.29, 1.82) is 0 Å². The number of ether oxygens (including phenoxy) is 2. The minimum atomic E-state index is -0.519. The Hall–Kier alpha value is -1.75.